The molecule has 5 nitrogen and oxygen atoms in total. The van der Waals surface area contributed by atoms with Gasteiger partial charge in [0.25, 0.3) is 0 Å². The third-order valence-corrected chi connectivity index (χ3v) is 3.95. The highest BCUT2D eigenvalue weighted by atomic mass is 32.2. The molecule has 1 fully saturated rings. The molecule has 0 saturated carbocycles. The third-order valence-electron chi connectivity index (χ3n) is 2.80. The zero-order chi connectivity index (χ0) is 13.4. The highest BCUT2D eigenvalue weighted by Crippen LogP contribution is 2.18. The fraction of sp³-hybridized carbons (Fsp3) is 0.833. The minimum absolute atomic E-state index is 0.303. The maximum absolute atomic E-state index is 10.9. The van der Waals surface area contributed by atoms with Crippen molar-refractivity contribution in [2.45, 2.75) is 44.8 Å². The monoisotopic (exact) mass is 275 g/mol. The number of nitrogens with one attached hydrogen (secondary N) is 1. The van der Waals surface area contributed by atoms with Gasteiger partial charge in [0.05, 0.1) is 6.10 Å². The first kappa shape index (κ1) is 15.3. The van der Waals surface area contributed by atoms with E-state index in [0.717, 1.165) is 38.0 Å². The van der Waals surface area contributed by atoms with Gasteiger partial charge in [0.1, 0.15) is 6.04 Å². The van der Waals surface area contributed by atoms with Crippen LogP contribution in [0.3, 0.4) is 0 Å². The Morgan fingerprint density at radius 2 is 2.33 bits per heavy atom. The van der Waals surface area contributed by atoms with Gasteiger partial charge in [-0.3, -0.25) is 4.79 Å². The maximum Gasteiger partial charge on any atom is 0.327 e. The molecule has 0 aliphatic carbocycles. The summed E-state index contributed by atoms with van der Waals surface area (Å²) in [6.07, 6.45) is 4.78. The van der Waals surface area contributed by atoms with Gasteiger partial charge in [0, 0.05) is 19.3 Å². The molecular formula is C12H21NO4S. The molecule has 0 bridgehead atoms. The van der Waals surface area contributed by atoms with Crippen LogP contribution >= 0.6 is 11.8 Å². The first-order valence-electron chi connectivity index (χ1n) is 6.29. The normalized spacial score (nSPS) is 20.6. The van der Waals surface area contributed by atoms with E-state index < -0.39 is 12.0 Å². The molecule has 104 valence electrons. The van der Waals surface area contributed by atoms with E-state index in [1.54, 1.807) is 11.8 Å². The Kier molecular flexibility index (Phi) is 7.12. The molecule has 1 rings (SSSR count). The number of ether oxygens (including phenoxy) is 1. The number of rotatable bonds is 8. The largest absolute Gasteiger partial charge is 0.480 e. The topological polar surface area (TPSA) is 75.6 Å². The zero-order valence-electron chi connectivity index (χ0n) is 10.7. The van der Waals surface area contributed by atoms with Gasteiger partial charge in [-0.25, -0.2) is 4.79 Å². The lowest BCUT2D eigenvalue weighted by molar-refractivity contribution is -0.140. The number of hydrogen-bond acceptors (Lipinski definition) is 4. The van der Waals surface area contributed by atoms with Gasteiger partial charge in [-0.15, -0.1) is 0 Å². The Balaban J connectivity index is 2.06. The van der Waals surface area contributed by atoms with E-state index >= 15 is 0 Å². The molecular weight excluding hydrogens is 254 g/mol. The molecule has 1 saturated heterocycles. The van der Waals surface area contributed by atoms with E-state index in [9.17, 15) is 9.59 Å². The minimum atomic E-state index is -0.975. The molecule has 1 unspecified atom stereocenters. The molecule has 2 atom stereocenters. The predicted octanol–water partition coefficient (Wildman–Crippen LogP) is 1.27. The van der Waals surface area contributed by atoms with Gasteiger partial charge in [-0.1, -0.05) is 0 Å². The Labute approximate surface area is 112 Å². The average molecular weight is 275 g/mol. The van der Waals surface area contributed by atoms with Crippen molar-refractivity contribution in [3.63, 3.8) is 0 Å². The molecule has 1 amide bonds. The van der Waals surface area contributed by atoms with Crippen molar-refractivity contribution in [1.82, 2.24) is 5.32 Å². The summed E-state index contributed by atoms with van der Waals surface area (Å²) in [5.41, 5.74) is 0. The van der Waals surface area contributed by atoms with Crippen molar-refractivity contribution >= 4 is 23.6 Å². The van der Waals surface area contributed by atoms with Crippen molar-refractivity contribution in [1.29, 1.82) is 0 Å². The number of amides is 1. The molecule has 6 heteroatoms. The Bertz CT molecular complexity index is 279. The van der Waals surface area contributed by atoms with Crippen LogP contribution in [0.1, 0.15) is 32.6 Å². The van der Waals surface area contributed by atoms with Gasteiger partial charge >= 0.3 is 5.97 Å². The Morgan fingerprint density at radius 1 is 1.56 bits per heavy atom. The van der Waals surface area contributed by atoms with Crippen LogP contribution in [0, 0.1) is 0 Å². The highest BCUT2D eigenvalue weighted by molar-refractivity contribution is 7.99. The molecule has 1 aliphatic heterocycles. The second-order valence-electron chi connectivity index (χ2n) is 4.44. The number of carboxylic acids is 1. The Hall–Kier alpha value is -0.750. The molecule has 18 heavy (non-hydrogen) atoms. The number of carbonyl (C=O) groups excluding carboxylic acids is 1. The van der Waals surface area contributed by atoms with Crippen molar-refractivity contribution in [3.05, 3.63) is 0 Å². The van der Waals surface area contributed by atoms with E-state index in [-0.39, 0.29) is 5.91 Å². The fourth-order valence-electron chi connectivity index (χ4n) is 1.91. The third kappa shape index (κ3) is 6.26. The van der Waals surface area contributed by atoms with Crippen LogP contribution in [-0.4, -0.2) is 47.2 Å². The van der Waals surface area contributed by atoms with Gasteiger partial charge in [-0.05, 0) is 31.4 Å². The van der Waals surface area contributed by atoms with Crippen molar-refractivity contribution in [3.8, 4) is 0 Å². The van der Waals surface area contributed by atoms with Gasteiger partial charge in [0.2, 0.25) is 5.91 Å². The molecule has 0 spiro atoms. The zero-order valence-corrected chi connectivity index (χ0v) is 11.5. The summed E-state index contributed by atoms with van der Waals surface area (Å²) >= 11 is 1.56. The van der Waals surface area contributed by atoms with Crippen molar-refractivity contribution < 1.29 is 19.4 Å². The quantitative estimate of drug-likeness (QED) is 0.652. The molecule has 0 aromatic rings. The molecule has 1 aliphatic rings. The van der Waals surface area contributed by atoms with Crippen molar-refractivity contribution in [2.75, 3.05) is 18.1 Å². The van der Waals surface area contributed by atoms with Crippen molar-refractivity contribution in [2.24, 2.45) is 0 Å². The number of hydrogen-bond donors (Lipinski definition) is 2. The number of thioether (sulfide) groups is 1. The lowest BCUT2D eigenvalue weighted by atomic mass is 10.1. The highest BCUT2D eigenvalue weighted by Gasteiger charge is 2.18. The van der Waals surface area contributed by atoms with Crippen LogP contribution in [0.2, 0.25) is 0 Å². The molecule has 0 aromatic carbocycles. The minimum Gasteiger partial charge on any atom is -0.480 e. The lowest BCUT2D eigenvalue weighted by Crippen LogP contribution is -2.41. The van der Waals surface area contributed by atoms with Crippen LogP contribution < -0.4 is 5.32 Å². The van der Waals surface area contributed by atoms with E-state index in [1.807, 2.05) is 0 Å². The van der Waals surface area contributed by atoms with Crippen LogP contribution in [0.15, 0.2) is 0 Å². The van der Waals surface area contributed by atoms with E-state index in [1.165, 1.54) is 6.92 Å². The smallest absolute Gasteiger partial charge is 0.327 e. The summed E-state index contributed by atoms with van der Waals surface area (Å²) in [5.74, 6) is 0.0445. The number of aliphatic carboxylic acids is 1. The fourth-order valence-corrected chi connectivity index (χ4v) is 2.91. The number of carbonyl (C=O) groups is 2. The predicted molar refractivity (Wildman–Crippen MR) is 70.8 cm³/mol. The maximum atomic E-state index is 10.9. The van der Waals surface area contributed by atoms with Gasteiger partial charge in [0.15, 0.2) is 0 Å². The van der Waals surface area contributed by atoms with Crippen LogP contribution in [0.4, 0.5) is 0 Å². The number of carboxylic acid groups (broad SMARTS) is 1. The summed E-state index contributed by atoms with van der Waals surface area (Å²) < 4.78 is 5.51. The van der Waals surface area contributed by atoms with Crippen LogP contribution in [0.25, 0.3) is 0 Å². The summed E-state index contributed by atoms with van der Waals surface area (Å²) in [5, 5.41) is 11.3. The Morgan fingerprint density at radius 3 is 2.89 bits per heavy atom. The first-order chi connectivity index (χ1) is 8.59. The molecule has 0 aromatic heterocycles. The van der Waals surface area contributed by atoms with E-state index in [4.69, 9.17) is 9.84 Å². The van der Waals surface area contributed by atoms with Gasteiger partial charge < -0.3 is 15.2 Å². The first-order valence-corrected chi connectivity index (χ1v) is 7.44. The SMILES string of the molecule is CC(=O)N[C@@H](CSCCCC1CCCO1)C(=O)O. The molecule has 2 N–H and O–H groups in total. The molecule has 0 radical (unpaired) electrons. The van der Waals surface area contributed by atoms with Crippen LogP contribution in [-0.2, 0) is 14.3 Å². The van der Waals surface area contributed by atoms with Gasteiger partial charge in [-0.2, -0.15) is 11.8 Å². The summed E-state index contributed by atoms with van der Waals surface area (Å²) in [6.45, 7) is 2.21. The van der Waals surface area contributed by atoms with E-state index in [0.29, 0.717) is 11.9 Å². The summed E-state index contributed by atoms with van der Waals surface area (Å²) in [7, 11) is 0. The second kappa shape index (κ2) is 8.37. The lowest BCUT2D eigenvalue weighted by Gasteiger charge is -2.13. The van der Waals surface area contributed by atoms with E-state index in [2.05, 4.69) is 5.32 Å². The average Bonchev–Trinajstić information content (AvgIpc) is 2.79. The molecule has 1 heterocycles. The summed E-state index contributed by atoms with van der Waals surface area (Å²) in [4.78, 5) is 21.7. The second-order valence-corrected chi connectivity index (χ2v) is 5.59. The standard InChI is InChI=1S/C12H21NO4S/c1-9(14)13-11(12(15)16)8-18-7-3-5-10-4-2-6-17-10/h10-11H,2-8H2,1H3,(H,13,14)(H,15,16)/t10?,11-/m0/s1. The summed E-state index contributed by atoms with van der Waals surface area (Å²) in [6, 6.07) is -0.782. The van der Waals surface area contributed by atoms with Crippen LogP contribution in [0.5, 0.6) is 0 Å².